The summed E-state index contributed by atoms with van der Waals surface area (Å²) < 4.78 is 0. The van der Waals surface area contributed by atoms with E-state index in [0.29, 0.717) is 12.0 Å². The van der Waals surface area contributed by atoms with Gasteiger partial charge in [0.25, 0.3) is 0 Å². The van der Waals surface area contributed by atoms with Crippen LogP contribution in [0.1, 0.15) is 11.8 Å². The molecule has 5 nitrogen and oxygen atoms in total. The van der Waals surface area contributed by atoms with Crippen LogP contribution in [0.4, 0.5) is 11.8 Å². The van der Waals surface area contributed by atoms with Gasteiger partial charge in [-0.15, -0.1) is 11.3 Å². The highest BCUT2D eigenvalue weighted by molar-refractivity contribution is 7.18. The van der Waals surface area contributed by atoms with E-state index in [0.717, 1.165) is 22.6 Å². The number of rotatable bonds is 5. The third kappa shape index (κ3) is 3.33. The fourth-order valence-electron chi connectivity index (χ4n) is 2.09. The van der Waals surface area contributed by atoms with Crippen LogP contribution in [0.2, 0.25) is 0 Å². The van der Waals surface area contributed by atoms with Gasteiger partial charge in [0.15, 0.2) is 0 Å². The van der Waals surface area contributed by atoms with Crippen molar-refractivity contribution in [3.05, 3.63) is 10.9 Å². The predicted octanol–water partition coefficient (Wildman–Crippen LogP) is 2.40. The summed E-state index contributed by atoms with van der Waals surface area (Å²) in [7, 11) is 5.98. The standard InChI is InChI=1S/C13H21N5S/c1-8(7-18(4)5)15-11-10-6-9(2)19-12(10)17-13(14-3)16-11/h6,8H,7H2,1-5H3,(H2,14,15,16,17). The van der Waals surface area contributed by atoms with Gasteiger partial charge in [-0.3, -0.25) is 0 Å². The summed E-state index contributed by atoms with van der Waals surface area (Å²) in [4.78, 5) is 13.5. The zero-order valence-corrected chi connectivity index (χ0v) is 12.9. The highest BCUT2D eigenvalue weighted by atomic mass is 32.1. The fourth-order valence-corrected chi connectivity index (χ4v) is 2.97. The molecule has 6 heteroatoms. The van der Waals surface area contributed by atoms with Crippen molar-refractivity contribution >= 4 is 33.3 Å². The number of nitrogens with one attached hydrogen (secondary N) is 2. The number of likely N-dealkylation sites (N-methyl/N-ethyl adjacent to an activating group) is 1. The molecule has 104 valence electrons. The molecule has 0 saturated heterocycles. The Labute approximate surface area is 118 Å². The lowest BCUT2D eigenvalue weighted by Crippen LogP contribution is -2.30. The Morgan fingerprint density at radius 1 is 1.37 bits per heavy atom. The summed E-state index contributed by atoms with van der Waals surface area (Å²) in [5.74, 6) is 1.57. The van der Waals surface area contributed by atoms with Crippen molar-refractivity contribution in [2.75, 3.05) is 38.3 Å². The van der Waals surface area contributed by atoms with Gasteiger partial charge >= 0.3 is 0 Å². The summed E-state index contributed by atoms with van der Waals surface area (Å²) in [6.07, 6.45) is 0. The van der Waals surface area contributed by atoms with Gasteiger partial charge in [0.2, 0.25) is 5.95 Å². The monoisotopic (exact) mass is 279 g/mol. The normalized spacial score (nSPS) is 12.9. The Bertz CT molecular complexity index is 563. The lowest BCUT2D eigenvalue weighted by molar-refractivity contribution is 0.392. The molecule has 0 aliphatic heterocycles. The minimum atomic E-state index is 0.331. The molecule has 0 aliphatic rings. The number of hydrogen-bond donors (Lipinski definition) is 2. The molecule has 19 heavy (non-hydrogen) atoms. The topological polar surface area (TPSA) is 53.1 Å². The van der Waals surface area contributed by atoms with E-state index >= 15 is 0 Å². The molecule has 2 N–H and O–H groups in total. The molecule has 0 radical (unpaired) electrons. The van der Waals surface area contributed by atoms with Crippen molar-refractivity contribution in [3.8, 4) is 0 Å². The van der Waals surface area contributed by atoms with Crippen molar-refractivity contribution in [2.45, 2.75) is 19.9 Å². The zero-order chi connectivity index (χ0) is 14.0. The lowest BCUT2D eigenvalue weighted by Gasteiger charge is -2.19. The van der Waals surface area contributed by atoms with E-state index < -0.39 is 0 Å². The van der Waals surface area contributed by atoms with Crippen LogP contribution in [-0.4, -0.2) is 48.6 Å². The van der Waals surface area contributed by atoms with E-state index in [4.69, 9.17) is 0 Å². The Morgan fingerprint density at radius 3 is 2.74 bits per heavy atom. The van der Waals surface area contributed by atoms with Crippen LogP contribution >= 0.6 is 11.3 Å². The zero-order valence-electron chi connectivity index (χ0n) is 12.1. The molecule has 1 atom stereocenters. The number of aromatic nitrogens is 2. The number of aryl methyl sites for hydroxylation is 1. The number of thiophene rings is 1. The summed E-state index contributed by atoms with van der Waals surface area (Å²) in [5.41, 5.74) is 0. The SMILES string of the molecule is CNc1nc(NC(C)CN(C)C)c2cc(C)sc2n1. The molecule has 1 unspecified atom stereocenters. The molecule has 0 amide bonds. The molecular formula is C13H21N5S. The van der Waals surface area contributed by atoms with Gasteiger partial charge in [-0.25, -0.2) is 4.98 Å². The first-order valence-electron chi connectivity index (χ1n) is 6.36. The number of nitrogens with zero attached hydrogens (tertiary/aromatic N) is 3. The first kappa shape index (κ1) is 14.0. The van der Waals surface area contributed by atoms with Crippen LogP contribution in [0.3, 0.4) is 0 Å². The molecular weight excluding hydrogens is 258 g/mol. The van der Waals surface area contributed by atoms with Crippen molar-refractivity contribution in [2.24, 2.45) is 0 Å². The van der Waals surface area contributed by atoms with Crippen molar-refractivity contribution < 1.29 is 0 Å². The minimum absolute atomic E-state index is 0.331. The van der Waals surface area contributed by atoms with Crippen molar-refractivity contribution in [1.29, 1.82) is 0 Å². The van der Waals surface area contributed by atoms with Crippen LogP contribution in [0.25, 0.3) is 10.2 Å². The Morgan fingerprint density at radius 2 is 2.11 bits per heavy atom. The molecule has 2 heterocycles. The van der Waals surface area contributed by atoms with E-state index in [1.165, 1.54) is 4.88 Å². The minimum Gasteiger partial charge on any atom is -0.366 e. The maximum absolute atomic E-state index is 4.53. The van der Waals surface area contributed by atoms with Crippen LogP contribution in [0.5, 0.6) is 0 Å². The summed E-state index contributed by atoms with van der Waals surface area (Å²) >= 11 is 1.70. The smallest absolute Gasteiger partial charge is 0.225 e. The first-order chi connectivity index (χ1) is 8.99. The quantitative estimate of drug-likeness (QED) is 0.880. The van der Waals surface area contributed by atoms with E-state index in [9.17, 15) is 0 Å². The molecule has 2 aromatic heterocycles. The molecule has 0 aliphatic carbocycles. The third-order valence-corrected chi connectivity index (χ3v) is 3.71. The fraction of sp³-hybridized carbons (Fsp3) is 0.538. The van der Waals surface area contributed by atoms with Gasteiger partial charge in [-0.2, -0.15) is 4.98 Å². The second kappa shape index (κ2) is 5.71. The highest BCUT2D eigenvalue weighted by Gasteiger charge is 2.12. The van der Waals surface area contributed by atoms with E-state index in [1.807, 2.05) is 7.05 Å². The van der Waals surface area contributed by atoms with Gasteiger partial charge in [0.05, 0.1) is 5.39 Å². The van der Waals surface area contributed by atoms with Crippen molar-refractivity contribution in [3.63, 3.8) is 0 Å². The van der Waals surface area contributed by atoms with Crippen molar-refractivity contribution in [1.82, 2.24) is 14.9 Å². The lowest BCUT2D eigenvalue weighted by atomic mass is 10.3. The molecule has 2 rings (SSSR count). The van der Waals surface area contributed by atoms with Gasteiger partial charge in [0, 0.05) is 24.5 Å². The largest absolute Gasteiger partial charge is 0.366 e. The summed E-state index contributed by atoms with van der Waals surface area (Å²) in [6.45, 7) is 5.22. The molecule has 0 bridgehead atoms. The van der Waals surface area contributed by atoms with E-state index in [2.05, 4.69) is 59.5 Å². The van der Waals surface area contributed by atoms with Crippen LogP contribution in [0.15, 0.2) is 6.07 Å². The second-order valence-electron chi connectivity index (χ2n) is 5.03. The second-order valence-corrected chi connectivity index (χ2v) is 6.26. The molecule has 0 aromatic carbocycles. The Balaban J connectivity index is 2.34. The highest BCUT2D eigenvalue weighted by Crippen LogP contribution is 2.29. The average Bonchev–Trinajstić information content (AvgIpc) is 2.68. The van der Waals surface area contributed by atoms with Gasteiger partial charge in [0.1, 0.15) is 10.6 Å². The molecule has 0 spiro atoms. The maximum atomic E-state index is 4.53. The van der Waals surface area contributed by atoms with E-state index in [-0.39, 0.29) is 0 Å². The van der Waals surface area contributed by atoms with Gasteiger partial charge in [-0.1, -0.05) is 0 Å². The summed E-state index contributed by atoms with van der Waals surface area (Å²) in [5, 5.41) is 7.60. The van der Waals surface area contributed by atoms with Crippen LogP contribution in [0, 0.1) is 6.92 Å². The molecule has 0 fully saturated rings. The summed E-state index contributed by atoms with van der Waals surface area (Å²) in [6, 6.07) is 2.47. The van der Waals surface area contributed by atoms with E-state index in [1.54, 1.807) is 11.3 Å². The third-order valence-electron chi connectivity index (χ3n) is 2.76. The van der Waals surface area contributed by atoms with Crippen LogP contribution < -0.4 is 10.6 Å². The molecule has 0 saturated carbocycles. The first-order valence-corrected chi connectivity index (χ1v) is 7.18. The van der Waals surface area contributed by atoms with Gasteiger partial charge in [-0.05, 0) is 34.0 Å². The Kier molecular flexibility index (Phi) is 4.21. The van der Waals surface area contributed by atoms with Crippen LogP contribution in [-0.2, 0) is 0 Å². The predicted molar refractivity (Wildman–Crippen MR) is 83.3 cm³/mol. The Hall–Kier alpha value is -1.40. The maximum Gasteiger partial charge on any atom is 0.225 e. The van der Waals surface area contributed by atoms with Gasteiger partial charge < -0.3 is 15.5 Å². The number of hydrogen-bond acceptors (Lipinski definition) is 6. The number of fused-ring (bicyclic) bond motifs is 1. The average molecular weight is 279 g/mol. The molecule has 2 aromatic rings. The number of anilines is 2.